The molecule has 37 nitrogen and oxygen atoms in total. The second-order valence-electron chi connectivity index (χ2n) is 16.8. The third-order valence-electron chi connectivity index (χ3n) is 11.9. The molecular weight excluding hydrogens is 1100 g/mol. The van der Waals surface area contributed by atoms with E-state index >= 15 is 4.39 Å². The molecule has 42 heteroatoms. The minimum absolute atomic E-state index is 0.00295. The summed E-state index contributed by atoms with van der Waals surface area (Å²) in [5.41, 5.74) is 15.3. The van der Waals surface area contributed by atoms with Gasteiger partial charge in [-0.25, -0.2) is 47.2 Å². The van der Waals surface area contributed by atoms with Crippen LogP contribution in [0.3, 0.4) is 0 Å². The van der Waals surface area contributed by atoms with Crippen LogP contribution in [0.5, 0.6) is 0 Å². The van der Waals surface area contributed by atoms with E-state index in [9.17, 15) is 62.7 Å². The number of alkyl halides is 1. The first kappa shape index (κ1) is 54.6. The molecule has 75 heavy (non-hydrogen) atoms. The highest BCUT2D eigenvalue weighted by molar-refractivity contribution is 7.66. The lowest BCUT2D eigenvalue weighted by atomic mass is 9.95. The number of aromatic nitrogens is 12. The Morgan fingerprint density at radius 1 is 0.720 bits per heavy atom. The van der Waals surface area contributed by atoms with E-state index in [2.05, 4.69) is 48.5 Å². The maximum atomic E-state index is 16.6. The molecule has 3 fully saturated rings. The highest BCUT2D eigenvalue weighted by Crippen LogP contribution is 2.68. The Labute approximate surface area is 415 Å². The lowest BCUT2D eigenvalue weighted by molar-refractivity contribution is -0.745. The number of aliphatic hydroxyl groups is 3. The van der Waals surface area contributed by atoms with E-state index in [0.717, 1.165) is 28.1 Å². The lowest BCUT2D eigenvalue weighted by Crippen LogP contribution is -2.45. The van der Waals surface area contributed by atoms with Crippen molar-refractivity contribution in [1.82, 2.24) is 53.6 Å². The highest BCUT2D eigenvalue weighted by Gasteiger charge is 2.54. The summed E-state index contributed by atoms with van der Waals surface area (Å²) >= 11 is 0. The number of nitrogen functional groups attached to an aromatic ring is 3. The molecule has 3 aliphatic heterocycles. The number of anilines is 3. The van der Waals surface area contributed by atoms with Gasteiger partial charge < -0.3 is 66.3 Å². The molecule has 15 N–H and O–H groups in total. The van der Waals surface area contributed by atoms with Gasteiger partial charge in [0.1, 0.15) is 48.5 Å². The number of aromatic amines is 2. The molecule has 6 aromatic rings. The van der Waals surface area contributed by atoms with Crippen molar-refractivity contribution in [1.29, 1.82) is 0 Å². The Morgan fingerprint density at radius 2 is 1.31 bits per heavy atom. The third-order valence-corrected chi connectivity index (χ3v) is 17.2. The number of hydrogen-bond acceptors (Lipinski definition) is 27. The molecule has 16 atom stereocenters. The fourth-order valence-electron chi connectivity index (χ4n) is 8.61. The maximum absolute atomic E-state index is 16.6. The molecular formula is C33H45FN15O22P4+. The molecule has 3 aliphatic rings. The molecule has 0 aromatic carbocycles. The summed E-state index contributed by atoms with van der Waals surface area (Å²) in [7, 11) is -22.0. The maximum Gasteiger partial charge on any atom is 0.490 e. The predicted octanol–water partition coefficient (Wildman–Crippen LogP) is -2.72. The van der Waals surface area contributed by atoms with Gasteiger partial charge in [-0.2, -0.15) is 13.6 Å². The first-order valence-corrected chi connectivity index (χ1v) is 27.6. The zero-order valence-electron chi connectivity index (χ0n) is 38.2. The Balaban J connectivity index is 0.855. The largest absolute Gasteiger partial charge is 0.490 e. The van der Waals surface area contributed by atoms with Crippen molar-refractivity contribution in [3.63, 3.8) is 0 Å². The van der Waals surface area contributed by atoms with Crippen LogP contribution in [-0.4, -0.2) is 157 Å². The number of halogens is 1. The van der Waals surface area contributed by atoms with E-state index in [1.807, 2.05) is 0 Å². The fraction of sp³-hybridized carbons (Fsp3) is 0.545. The molecule has 9 heterocycles. The number of nitrogens with one attached hydrogen (secondary N) is 2. The summed E-state index contributed by atoms with van der Waals surface area (Å²) in [6.07, 6.45) is -15.1. The molecule has 0 saturated carbocycles. The molecule has 9 rings (SSSR count). The number of nitrogens with zero attached hydrogens (tertiary/aromatic N) is 10. The SMILES string of the molecule is CC[C@H]1[C@@H](O)[C@H]([n+]2cn(C)c3c(=O)[nH]c(N)nc32)O[C@@H]1COP(=O)(O)OP(=O)(O)OP(=O)(O)OC[C@H]1O[C@@H](n2cnc3c(N)ncnc32)[C@H](F)[C@@H]1OP(=O)(O)OC[C@H]1O[C@@H](n2cnc3c(=O)[nH]c(N)nc32)[C@H](O)[C@@H]1O. The van der Waals surface area contributed by atoms with Crippen LogP contribution in [0.2, 0.25) is 0 Å². The Morgan fingerprint density at radius 3 is 1.99 bits per heavy atom. The zero-order valence-corrected chi connectivity index (χ0v) is 41.8. The second-order valence-corrected chi connectivity index (χ2v) is 22.8. The van der Waals surface area contributed by atoms with Crippen LogP contribution < -0.4 is 32.9 Å². The van der Waals surface area contributed by atoms with Crippen LogP contribution in [0.4, 0.5) is 22.1 Å². The number of phosphoric ester groups is 3. The normalized spacial score (nSPS) is 30.5. The molecule has 410 valence electrons. The van der Waals surface area contributed by atoms with Crippen molar-refractivity contribution in [3.8, 4) is 0 Å². The summed E-state index contributed by atoms with van der Waals surface area (Å²) in [5, 5.41) is 32.8. The average Bonchev–Trinajstić information content (AvgIpc) is 4.16. The van der Waals surface area contributed by atoms with E-state index in [-0.39, 0.29) is 57.6 Å². The van der Waals surface area contributed by atoms with Gasteiger partial charge in [-0.05, 0) is 6.42 Å². The van der Waals surface area contributed by atoms with Gasteiger partial charge in [0.05, 0.1) is 45.6 Å². The van der Waals surface area contributed by atoms with Crippen LogP contribution >= 0.6 is 31.3 Å². The molecule has 0 amide bonds. The van der Waals surface area contributed by atoms with Crippen molar-refractivity contribution in [2.45, 2.75) is 80.9 Å². The molecule has 4 unspecified atom stereocenters. The van der Waals surface area contributed by atoms with Gasteiger partial charge in [0.15, 0.2) is 47.6 Å². The van der Waals surface area contributed by atoms with Crippen molar-refractivity contribution in [2.75, 3.05) is 37.0 Å². The standard InChI is InChI=1S/C33H44FN15O22P4/c1-3-11-12(66-30(19(11)50)49-10-46(2)18-26(49)43-33(37)45-28(18)54)4-64-73(57,58)70-75(61,62)71-74(59,60)65-6-14-22(15(34)29(68-14)47-8-40-16-23(35)38-7-39-24(16)47)69-72(55,56)63-5-13-20(51)21(52)31(67-13)48-9-41-17-25(48)42-32(36)44-27(17)53/h7-15,19-22,29-31,50-52H,3-6H2,1-2H3,(H11-,35,36,37,38,39,42,43,44,45,53,54,55,56,57,58,59,60,61,62)/p+1/t11-,12-,13-,14-,15-,19-,20-,21-,22-,29-,30-,31-/m1/s1. The Kier molecular flexibility index (Phi) is 14.8. The number of rotatable bonds is 19. The smallest absolute Gasteiger partial charge is 0.387 e. The van der Waals surface area contributed by atoms with Crippen LogP contribution in [0.1, 0.15) is 32.0 Å². The Bertz CT molecular complexity index is 3470. The van der Waals surface area contributed by atoms with Gasteiger partial charge >= 0.3 is 36.9 Å². The number of H-pyrrole nitrogens is 2. The monoisotopic (exact) mass is 1150 g/mol. The van der Waals surface area contributed by atoms with E-state index in [1.165, 1.54) is 22.5 Å². The number of aliphatic hydroxyl groups excluding tert-OH is 3. The van der Waals surface area contributed by atoms with E-state index < -0.39 is 136 Å². The number of phosphoric acid groups is 4. The number of ether oxygens (including phenoxy) is 3. The van der Waals surface area contributed by atoms with Gasteiger partial charge in [0.2, 0.25) is 17.7 Å². The number of imidazole rings is 3. The topological polar surface area (TPSA) is 533 Å². The molecule has 0 spiro atoms. The summed E-state index contributed by atoms with van der Waals surface area (Å²) in [4.78, 5) is 95.3. The number of fused-ring (bicyclic) bond motifs is 3. The summed E-state index contributed by atoms with van der Waals surface area (Å²) in [5.74, 6) is -1.60. The quantitative estimate of drug-likeness (QED) is 0.0289. The molecule has 0 radical (unpaired) electrons. The minimum Gasteiger partial charge on any atom is -0.387 e. The predicted molar refractivity (Wildman–Crippen MR) is 241 cm³/mol. The minimum atomic E-state index is -6.19. The van der Waals surface area contributed by atoms with Crippen molar-refractivity contribution in [2.24, 2.45) is 13.0 Å². The molecule has 6 aromatic heterocycles. The number of aryl methyl sites for hydroxylation is 1. The third kappa shape index (κ3) is 10.9. The van der Waals surface area contributed by atoms with Crippen molar-refractivity contribution < 1.29 is 103 Å². The van der Waals surface area contributed by atoms with Crippen molar-refractivity contribution >= 4 is 82.5 Å². The number of nitrogens with two attached hydrogens (primary N) is 3. The van der Waals surface area contributed by atoms with Gasteiger partial charge in [-0.3, -0.25) is 51.4 Å². The zero-order chi connectivity index (χ0) is 54.3. The highest BCUT2D eigenvalue weighted by atomic mass is 31.3. The molecule has 0 bridgehead atoms. The van der Waals surface area contributed by atoms with Gasteiger partial charge in [0, 0.05) is 5.92 Å². The van der Waals surface area contributed by atoms with Crippen LogP contribution in [-0.2, 0) is 66.2 Å². The van der Waals surface area contributed by atoms with Crippen molar-refractivity contribution in [3.05, 3.63) is 46.0 Å². The number of hydrogen-bond donors (Lipinski definition) is 12. The fourth-order valence-corrected chi connectivity index (χ4v) is 13.1. The van der Waals surface area contributed by atoms with Gasteiger partial charge in [0.25, 0.3) is 17.1 Å². The molecule has 0 aliphatic carbocycles. The van der Waals surface area contributed by atoms with Crippen LogP contribution in [0, 0.1) is 5.92 Å². The van der Waals surface area contributed by atoms with E-state index in [0.29, 0.717) is 0 Å². The first-order chi connectivity index (χ1) is 35.2. The van der Waals surface area contributed by atoms with Gasteiger partial charge in [-0.15, -0.1) is 0 Å². The molecule has 3 saturated heterocycles. The van der Waals surface area contributed by atoms with E-state index in [1.54, 1.807) is 6.92 Å². The van der Waals surface area contributed by atoms with E-state index in [4.69, 9.17) is 49.5 Å². The summed E-state index contributed by atoms with van der Waals surface area (Å²) < 4.78 is 119. The van der Waals surface area contributed by atoms with Crippen LogP contribution in [0.25, 0.3) is 33.5 Å². The summed E-state index contributed by atoms with van der Waals surface area (Å²) in [6.45, 7) is -1.75. The summed E-state index contributed by atoms with van der Waals surface area (Å²) in [6, 6.07) is 0. The average molecular weight is 1150 g/mol. The van der Waals surface area contributed by atoms with Crippen LogP contribution in [0.15, 0.2) is 34.9 Å². The lowest BCUT2D eigenvalue weighted by Gasteiger charge is -2.24. The second kappa shape index (κ2) is 20.3. The first-order valence-electron chi connectivity index (χ1n) is 21.6. The van der Waals surface area contributed by atoms with Gasteiger partial charge in [-0.1, -0.05) is 11.9 Å². The Hall–Kier alpha value is -5.14.